The third kappa shape index (κ3) is 2.96. The van der Waals surface area contributed by atoms with Crippen LogP contribution in [0.25, 0.3) is 0 Å². The van der Waals surface area contributed by atoms with Crippen molar-refractivity contribution in [2.75, 3.05) is 25.5 Å². The number of anilines is 1. The summed E-state index contributed by atoms with van der Waals surface area (Å²) in [6.45, 7) is 3.21. The molecule has 1 atom stereocenters. The number of aryl methyl sites for hydroxylation is 1. The highest BCUT2D eigenvalue weighted by Crippen LogP contribution is 2.46. The molecule has 1 aliphatic heterocycles. The minimum Gasteiger partial charge on any atom is -0.495 e. The summed E-state index contributed by atoms with van der Waals surface area (Å²) in [5.74, 6) is 0.664. The molecule has 27 heavy (non-hydrogen) atoms. The third-order valence-electron chi connectivity index (χ3n) is 6.23. The molecule has 4 rings (SSSR count). The molecule has 0 bridgehead atoms. The molecular weight excluding hydrogens is 340 g/mol. The Morgan fingerprint density at radius 3 is 2.67 bits per heavy atom. The first kappa shape index (κ1) is 17.9. The van der Waals surface area contributed by atoms with Crippen molar-refractivity contribution in [3.05, 3.63) is 59.2 Å². The molecule has 2 aromatic rings. The number of benzene rings is 2. The smallest absolute Gasteiger partial charge is 0.321 e. The van der Waals surface area contributed by atoms with Gasteiger partial charge in [-0.15, -0.1) is 0 Å². The van der Waals surface area contributed by atoms with E-state index in [2.05, 4.69) is 17.4 Å². The number of urea groups is 1. The van der Waals surface area contributed by atoms with Crippen molar-refractivity contribution in [2.45, 2.75) is 37.7 Å². The van der Waals surface area contributed by atoms with Crippen LogP contribution in [-0.2, 0) is 11.8 Å². The number of carbonyl (C=O) groups is 1. The second kappa shape index (κ2) is 6.89. The molecule has 1 spiro atoms. The van der Waals surface area contributed by atoms with Crippen molar-refractivity contribution in [3.63, 3.8) is 0 Å². The maximum Gasteiger partial charge on any atom is 0.321 e. The van der Waals surface area contributed by atoms with E-state index in [-0.39, 0.29) is 17.6 Å². The van der Waals surface area contributed by atoms with Crippen molar-refractivity contribution in [1.29, 1.82) is 0 Å². The molecule has 2 aliphatic rings. The number of hydrogen-bond donors (Lipinski definition) is 2. The van der Waals surface area contributed by atoms with Crippen LogP contribution in [0.5, 0.6) is 5.75 Å². The molecular formula is C22H26N2O3. The monoisotopic (exact) mass is 366 g/mol. The molecule has 1 heterocycles. The fraction of sp³-hybridized carbons (Fsp3) is 0.409. The van der Waals surface area contributed by atoms with Gasteiger partial charge in [0.15, 0.2) is 0 Å². The van der Waals surface area contributed by atoms with Crippen LogP contribution in [0.3, 0.4) is 0 Å². The average Bonchev–Trinajstić information content (AvgIpc) is 2.95. The first-order valence-electron chi connectivity index (χ1n) is 9.51. The lowest BCUT2D eigenvalue weighted by Gasteiger charge is -2.42. The number of amides is 2. The van der Waals surface area contributed by atoms with Crippen molar-refractivity contribution in [2.24, 2.45) is 0 Å². The number of fused-ring (bicyclic) bond motifs is 2. The van der Waals surface area contributed by atoms with E-state index >= 15 is 0 Å². The molecule has 2 amide bonds. The first-order chi connectivity index (χ1) is 13.0. The number of likely N-dealkylation sites (tertiary alicyclic amines) is 1. The molecule has 1 fully saturated rings. The summed E-state index contributed by atoms with van der Waals surface area (Å²) < 4.78 is 5.38. The lowest BCUT2D eigenvalue weighted by Crippen LogP contribution is -2.50. The summed E-state index contributed by atoms with van der Waals surface area (Å²) in [6.07, 6.45) is 1.91. The number of nitrogens with zero attached hydrogens (tertiary/aromatic N) is 1. The fourth-order valence-corrected chi connectivity index (χ4v) is 4.64. The van der Waals surface area contributed by atoms with E-state index in [0.717, 1.165) is 24.1 Å². The maximum atomic E-state index is 12.8. The minimum atomic E-state index is -0.364. The number of rotatable bonds is 2. The molecule has 0 radical (unpaired) electrons. The number of ether oxygens (including phenoxy) is 1. The molecule has 0 unspecified atom stereocenters. The lowest BCUT2D eigenvalue weighted by molar-refractivity contribution is 0.0531. The zero-order valence-electron chi connectivity index (χ0n) is 15.9. The Hall–Kier alpha value is -2.53. The van der Waals surface area contributed by atoms with Crippen molar-refractivity contribution in [1.82, 2.24) is 4.90 Å². The Kier molecular flexibility index (Phi) is 4.56. The van der Waals surface area contributed by atoms with Gasteiger partial charge in [-0.05, 0) is 48.9 Å². The maximum absolute atomic E-state index is 12.8. The second-order valence-corrected chi connectivity index (χ2v) is 7.60. The van der Waals surface area contributed by atoms with Crippen LogP contribution >= 0.6 is 0 Å². The van der Waals surface area contributed by atoms with E-state index in [1.807, 2.05) is 42.2 Å². The highest BCUT2D eigenvalue weighted by atomic mass is 16.5. The molecule has 5 nitrogen and oxygen atoms in total. The van der Waals surface area contributed by atoms with Gasteiger partial charge in [0.1, 0.15) is 5.75 Å². The number of aliphatic hydroxyl groups is 1. The molecule has 1 saturated heterocycles. The molecule has 0 aromatic heterocycles. The van der Waals surface area contributed by atoms with Gasteiger partial charge in [0, 0.05) is 18.5 Å². The standard InChI is InChI=1S/C22H26N2O3/c1-15-6-5-9-18(27-2)20(15)23-21(26)24-12-10-22(11-13-24)17-8-4-3-7-16(17)14-19(22)25/h3-9,19,25H,10-14H2,1-2H3,(H,23,26)/t19-/m1/s1. The summed E-state index contributed by atoms with van der Waals surface area (Å²) in [5.41, 5.74) is 3.98. The Balaban J connectivity index is 1.48. The van der Waals surface area contributed by atoms with Crippen LogP contribution in [0.15, 0.2) is 42.5 Å². The normalized spacial score (nSPS) is 20.4. The molecule has 0 saturated carbocycles. The summed E-state index contributed by atoms with van der Waals surface area (Å²) in [6, 6.07) is 13.9. The van der Waals surface area contributed by atoms with E-state index in [0.29, 0.717) is 25.3 Å². The lowest BCUT2D eigenvalue weighted by atomic mass is 9.72. The Labute approximate surface area is 160 Å². The Morgan fingerprint density at radius 2 is 1.93 bits per heavy atom. The minimum absolute atomic E-state index is 0.113. The molecule has 2 N–H and O–H groups in total. The van der Waals surface area contributed by atoms with Crippen LogP contribution in [-0.4, -0.2) is 42.3 Å². The third-order valence-corrected chi connectivity index (χ3v) is 6.23. The second-order valence-electron chi connectivity index (χ2n) is 7.60. The number of methoxy groups -OCH3 is 1. The zero-order valence-corrected chi connectivity index (χ0v) is 15.9. The van der Waals surface area contributed by atoms with Crippen LogP contribution in [0.2, 0.25) is 0 Å². The zero-order chi connectivity index (χ0) is 19.0. The number of piperidine rings is 1. The van der Waals surface area contributed by atoms with E-state index in [1.165, 1.54) is 11.1 Å². The number of aliphatic hydroxyl groups excluding tert-OH is 1. The molecule has 5 heteroatoms. The topological polar surface area (TPSA) is 61.8 Å². The van der Waals surface area contributed by atoms with Crippen molar-refractivity contribution in [3.8, 4) is 5.75 Å². The number of carbonyl (C=O) groups excluding carboxylic acids is 1. The molecule has 2 aromatic carbocycles. The van der Waals surface area contributed by atoms with E-state index < -0.39 is 0 Å². The summed E-state index contributed by atoms with van der Waals surface area (Å²) >= 11 is 0. The number of para-hydroxylation sites is 1. The van der Waals surface area contributed by atoms with Crippen LogP contribution in [0.1, 0.15) is 29.5 Å². The molecule has 1 aliphatic carbocycles. The van der Waals surface area contributed by atoms with Crippen molar-refractivity contribution >= 4 is 11.7 Å². The van der Waals surface area contributed by atoms with Crippen LogP contribution in [0.4, 0.5) is 10.5 Å². The van der Waals surface area contributed by atoms with E-state index in [1.54, 1.807) is 7.11 Å². The number of hydrogen-bond acceptors (Lipinski definition) is 3. The SMILES string of the molecule is COc1cccc(C)c1NC(=O)N1CCC2(CC1)c1ccccc1C[C@H]2O. The Bertz CT molecular complexity index is 856. The predicted molar refractivity (Wildman–Crippen MR) is 105 cm³/mol. The quantitative estimate of drug-likeness (QED) is 0.855. The van der Waals surface area contributed by atoms with Crippen molar-refractivity contribution < 1.29 is 14.6 Å². The van der Waals surface area contributed by atoms with Gasteiger partial charge >= 0.3 is 6.03 Å². The van der Waals surface area contributed by atoms with Gasteiger partial charge in [0.2, 0.25) is 0 Å². The summed E-state index contributed by atoms with van der Waals surface area (Å²) in [7, 11) is 1.61. The van der Waals surface area contributed by atoms with Gasteiger partial charge < -0.3 is 20.1 Å². The van der Waals surface area contributed by atoms with Gasteiger partial charge in [-0.3, -0.25) is 0 Å². The predicted octanol–water partition coefficient (Wildman–Crippen LogP) is 3.49. The van der Waals surface area contributed by atoms with E-state index in [9.17, 15) is 9.90 Å². The highest BCUT2D eigenvalue weighted by molar-refractivity contribution is 5.92. The highest BCUT2D eigenvalue weighted by Gasteiger charge is 2.48. The van der Waals surface area contributed by atoms with Gasteiger partial charge in [0.05, 0.1) is 18.9 Å². The van der Waals surface area contributed by atoms with E-state index in [4.69, 9.17) is 4.74 Å². The van der Waals surface area contributed by atoms with Gasteiger partial charge in [-0.1, -0.05) is 36.4 Å². The largest absolute Gasteiger partial charge is 0.495 e. The first-order valence-corrected chi connectivity index (χ1v) is 9.51. The Morgan fingerprint density at radius 1 is 1.19 bits per heavy atom. The fourth-order valence-electron chi connectivity index (χ4n) is 4.64. The van der Waals surface area contributed by atoms with Gasteiger partial charge in [-0.2, -0.15) is 0 Å². The van der Waals surface area contributed by atoms with Crippen LogP contribution in [0, 0.1) is 6.92 Å². The average molecular weight is 366 g/mol. The number of nitrogens with one attached hydrogen (secondary N) is 1. The molecule has 142 valence electrons. The summed E-state index contributed by atoms with van der Waals surface area (Å²) in [5, 5.41) is 13.8. The van der Waals surface area contributed by atoms with Gasteiger partial charge in [-0.25, -0.2) is 4.79 Å². The van der Waals surface area contributed by atoms with Crippen LogP contribution < -0.4 is 10.1 Å². The van der Waals surface area contributed by atoms with Gasteiger partial charge in [0.25, 0.3) is 0 Å². The summed E-state index contributed by atoms with van der Waals surface area (Å²) in [4.78, 5) is 14.7.